The van der Waals surface area contributed by atoms with Gasteiger partial charge in [0.15, 0.2) is 5.82 Å². The summed E-state index contributed by atoms with van der Waals surface area (Å²) in [5.74, 6) is -0.290. The van der Waals surface area contributed by atoms with Crippen molar-refractivity contribution in [3.05, 3.63) is 22.8 Å². The van der Waals surface area contributed by atoms with Crippen LogP contribution < -0.4 is 0 Å². The van der Waals surface area contributed by atoms with Gasteiger partial charge < -0.3 is 9.84 Å². The first-order valence-corrected chi connectivity index (χ1v) is 6.87. The van der Waals surface area contributed by atoms with Crippen LogP contribution in [0.15, 0.2) is 0 Å². The molecule has 20 heavy (non-hydrogen) atoms. The molecule has 0 aliphatic heterocycles. The predicted octanol–water partition coefficient (Wildman–Crippen LogP) is 2.70. The number of rotatable bonds is 6. The first kappa shape index (κ1) is 16.6. The molecule has 0 aromatic carbocycles. The molecule has 1 N–H and O–H groups in total. The van der Waals surface area contributed by atoms with Crippen LogP contribution in [0.2, 0.25) is 0 Å². The van der Waals surface area contributed by atoms with E-state index in [9.17, 15) is 4.79 Å². The topological polar surface area (TPSA) is 72.3 Å². The summed E-state index contributed by atoms with van der Waals surface area (Å²) in [5.41, 5.74) is 2.59. The van der Waals surface area contributed by atoms with Crippen LogP contribution in [0.4, 0.5) is 0 Å². The number of carboxylic acid groups (broad SMARTS) is 1. The molecular formula is C15H24N2O3. The first-order chi connectivity index (χ1) is 9.27. The summed E-state index contributed by atoms with van der Waals surface area (Å²) in [7, 11) is 1.65. The molecule has 1 aromatic rings. The van der Waals surface area contributed by atoms with E-state index in [1.54, 1.807) is 14.0 Å². The number of ether oxygens (including phenoxy) is 1. The minimum Gasteiger partial charge on any atom is -0.481 e. The maximum Gasteiger partial charge on any atom is 0.306 e. The smallest absolute Gasteiger partial charge is 0.306 e. The lowest BCUT2D eigenvalue weighted by Crippen LogP contribution is -2.18. The molecule has 0 spiro atoms. The van der Waals surface area contributed by atoms with E-state index in [1.807, 2.05) is 13.8 Å². The van der Waals surface area contributed by atoms with E-state index in [4.69, 9.17) is 9.84 Å². The van der Waals surface area contributed by atoms with E-state index in [-0.39, 0.29) is 12.0 Å². The molecule has 0 radical (unpaired) electrons. The second kappa shape index (κ2) is 6.79. The summed E-state index contributed by atoms with van der Waals surface area (Å²) in [6, 6.07) is 0. The average molecular weight is 280 g/mol. The van der Waals surface area contributed by atoms with E-state index in [0.717, 1.165) is 17.0 Å². The summed E-state index contributed by atoms with van der Waals surface area (Å²) in [5, 5.41) is 9.02. The number of carboxylic acids is 1. The third kappa shape index (κ3) is 3.76. The van der Waals surface area contributed by atoms with Gasteiger partial charge in [-0.15, -0.1) is 0 Å². The van der Waals surface area contributed by atoms with Crippen molar-refractivity contribution >= 4 is 5.97 Å². The number of hydrogen-bond acceptors (Lipinski definition) is 4. The lowest BCUT2D eigenvalue weighted by Gasteiger charge is -2.20. The number of hydrogen-bond donors (Lipinski definition) is 1. The molecule has 0 aliphatic rings. The van der Waals surface area contributed by atoms with Gasteiger partial charge in [0, 0.05) is 18.5 Å². The van der Waals surface area contributed by atoms with Gasteiger partial charge in [-0.1, -0.05) is 20.8 Å². The van der Waals surface area contributed by atoms with Crippen molar-refractivity contribution in [3.63, 3.8) is 0 Å². The molecule has 0 bridgehead atoms. The zero-order valence-electron chi connectivity index (χ0n) is 13.1. The number of nitrogens with zero attached hydrogens (tertiary/aromatic N) is 2. The number of methoxy groups -OCH3 is 1. The quantitative estimate of drug-likeness (QED) is 0.867. The highest BCUT2D eigenvalue weighted by molar-refractivity contribution is 5.70. The Labute approximate surface area is 120 Å². The lowest BCUT2D eigenvalue weighted by molar-refractivity contribution is -0.141. The Morgan fingerprint density at radius 3 is 2.05 bits per heavy atom. The fourth-order valence-electron chi connectivity index (χ4n) is 2.26. The second-order valence-electron chi connectivity index (χ2n) is 5.57. The van der Waals surface area contributed by atoms with Gasteiger partial charge >= 0.3 is 5.97 Å². The average Bonchev–Trinajstić information content (AvgIpc) is 2.33. The normalized spacial score (nSPS) is 14.3. The molecule has 5 heteroatoms. The van der Waals surface area contributed by atoms with Crippen LogP contribution in [0.1, 0.15) is 49.7 Å². The summed E-state index contributed by atoms with van der Waals surface area (Å²) in [6.45, 7) is 9.61. The van der Waals surface area contributed by atoms with Gasteiger partial charge in [0.1, 0.15) is 6.10 Å². The molecule has 2 unspecified atom stereocenters. The molecule has 1 rings (SSSR count). The number of aryl methyl sites for hydroxylation is 2. The lowest BCUT2D eigenvalue weighted by atomic mass is 9.98. The summed E-state index contributed by atoms with van der Waals surface area (Å²) >= 11 is 0. The largest absolute Gasteiger partial charge is 0.481 e. The van der Waals surface area contributed by atoms with Crippen LogP contribution >= 0.6 is 0 Å². The van der Waals surface area contributed by atoms with Crippen LogP contribution in [0.5, 0.6) is 0 Å². The van der Waals surface area contributed by atoms with Crippen LogP contribution in [0.25, 0.3) is 0 Å². The van der Waals surface area contributed by atoms with E-state index in [0.29, 0.717) is 12.2 Å². The summed E-state index contributed by atoms with van der Waals surface area (Å²) < 4.78 is 5.45. The standard InChI is InChI=1S/C15H24N2O3/c1-8(2)13(20-6)14-16-10(4)12(11(5)17-14)7-9(3)15(18)19/h8-9,13H,7H2,1-6H3,(H,18,19). The van der Waals surface area contributed by atoms with Crippen LogP contribution in [0, 0.1) is 25.7 Å². The minimum atomic E-state index is -0.801. The van der Waals surface area contributed by atoms with E-state index in [1.165, 1.54) is 0 Å². The van der Waals surface area contributed by atoms with E-state index in [2.05, 4.69) is 23.8 Å². The first-order valence-electron chi connectivity index (χ1n) is 6.87. The van der Waals surface area contributed by atoms with Crippen LogP contribution in [-0.2, 0) is 16.0 Å². The maximum absolute atomic E-state index is 11.0. The van der Waals surface area contributed by atoms with Gasteiger partial charge in [0.2, 0.25) is 0 Å². The molecule has 112 valence electrons. The highest BCUT2D eigenvalue weighted by Crippen LogP contribution is 2.24. The van der Waals surface area contributed by atoms with E-state index < -0.39 is 11.9 Å². The van der Waals surface area contributed by atoms with Gasteiger partial charge in [-0.05, 0) is 31.7 Å². The Hall–Kier alpha value is -1.49. The molecule has 0 amide bonds. The van der Waals surface area contributed by atoms with Crippen molar-refractivity contribution in [1.29, 1.82) is 0 Å². The summed E-state index contributed by atoms with van der Waals surface area (Å²) in [4.78, 5) is 20.0. The third-order valence-electron chi connectivity index (χ3n) is 3.48. The zero-order chi connectivity index (χ0) is 15.4. The second-order valence-corrected chi connectivity index (χ2v) is 5.57. The number of aromatic nitrogens is 2. The van der Waals surface area contributed by atoms with Crippen molar-refractivity contribution in [2.75, 3.05) is 7.11 Å². The maximum atomic E-state index is 11.0. The number of aliphatic carboxylic acids is 1. The Morgan fingerprint density at radius 2 is 1.70 bits per heavy atom. The van der Waals surface area contributed by atoms with Crippen molar-refractivity contribution in [3.8, 4) is 0 Å². The van der Waals surface area contributed by atoms with Crippen LogP contribution in [-0.4, -0.2) is 28.2 Å². The zero-order valence-corrected chi connectivity index (χ0v) is 13.1. The molecular weight excluding hydrogens is 256 g/mol. The highest BCUT2D eigenvalue weighted by Gasteiger charge is 2.22. The van der Waals surface area contributed by atoms with Gasteiger partial charge in [-0.25, -0.2) is 9.97 Å². The fraction of sp³-hybridized carbons (Fsp3) is 0.667. The minimum absolute atomic E-state index is 0.140. The Morgan fingerprint density at radius 1 is 1.20 bits per heavy atom. The van der Waals surface area contributed by atoms with Crippen molar-refractivity contribution in [2.45, 2.75) is 47.1 Å². The molecule has 0 fully saturated rings. The van der Waals surface area contributed by atoms with Crippen molar-refractivity contribution < 1.29 is 14.6 Å². The van der Waals surface area contributed by atoms with Crippen molar-refractivity contribution in [2.24, 2.45) is 11.8 Å². The van der Waals surface area contributed by atoms with E-state index >= 15 is 0 Å². The van der Waals surface area contributed by atoms with Crippen molar-refractivity contribution in [1.82, 2.24) is 9.97 Å². The highest BCUT2D eigenvalue weighted by atomic mass is 16.5. The molecule has 1 heterocycles. The Kier molecular flexibility index (Phi) is 5.62. The van der Waals surface area contributed by atoms with Gasteiger partial charge in [-0.2, -0.15) is 0 Å². The summed E-state index contributed by atoms with van der Waals surface area (Å²) in [6.07, 6.45) is 0.311. The molecule has 1 aromatic heterocycles. The van der Waals surface area contributed by atoms with Gasteiger partial charge in [0.05, 0.1) is 5.92 Å². The molecule has 0 aliphatic carbocycles. The van der Waals surface area contributed by atoms with Crippen LogP contribution in [0.3, 0.4) is 0 Å². The van der Waals surface area contributed by atoms with Gasteiger partial charge in [-0.3, -0.25) is 4.79 Å². The Bertz CT molecular complexity index is 463. The molecule has 0 saturated heterocycles. The predicted molar refractivity (Wildman–Crippen MR) is 76.6 cm³/mol. The molecule has 5 nitrogen and oxygen atoms in total. The van der Waals surface area contributed by atoms with Gasteiger partial charge in [0.25, 0.3) is 0 Å². The third-order valence-corrected chi connectivity index (χ3v) is 3.48. The monoisotopic (exact) mass is 280 g/mol. The fourth-order valence-corrected chi connectivity index (χ4v) is 2.26. The Balaban J connectivity index is 3.11. The molecule has 0 saturated carbocycles. The SMILES string of the molecule is COC(c1nc(C)c(CC(C)C(=O)O)c(C)n1)C(C)C. The number of carbonyl (C=O) groups is 1. The molecule has 2 atom stereocenters.